The van der Waals surface area contributed by atoms with Crippen LogP contribution < -0.4 is 25.8 Å². The fourth-order valence-electron chi connectivity index (χ4n) is 2.89. The standard InChI is InChI=1S/C24H31N3O5/c1-24(2,3)18-8-6-17(7-9-18)23(30)26-12-11-22(29)27-14-16-5-10-19(20(13-16)31-4)32-15-21(25)28/h5-10,13H,11-12,14-15H2,1-4H3,(H2,25,28)(H,26,30)(H,27,29). The van der Waals surface area contributed by atoms with Gasteiger partial charge >= 0.3 is 0 Å². The van der Waals surface area contributed by atoms with Gasteiger partial charge in [0.05, 0.1) is 7.11 Å². The molecule has 172 valence electrons. The van der Waals surface area contributed by atoms with Gasteiger partial charge in [0.15, 0.2) is 18.1 Å². The molecule has 0 aliphatic carbocycles. The normalized spacial score (nSPS) is 10.9. The van der Waals surface area contributed by atoms with Crippen LogP contribution >= 0.6 is 0 Å². The Bertz CT molecular complexity index is 949. The first kappa shape index (κ1) is 24.7. The molecule has 2 aromatic rings. The average molecular weight is 442 g/mol. The molecule has 0 aliphatic rings. The van der Waals surface area contributed by atoms with E-state index in [1.54, 1.807) is 30.3 Å². The van der Waals surface area contributed by atoms with Crippen LogP contribution in [0.2, 0.25) is 0 Å². The molecule has 0 aliphatic heterocycles. The first-order valence-electron chi connectivity index (χ1n) is 10.3. The zero-order valence-electron chi connectivity index (χ0n) is 19.0. The van der Waals surface area contributed by atoms with Crippen LogP contribution in [0.5, 0.6) is 11.5 Å². The van der Waals surface area contributed by atoms with Gasteiger partial charge < -0.3 is 25.8 Å². The van der Waals surface area contributed by atoms with Gasteiger partial charge in [-0.3, -0.25) is 14.4 Å². The summed E-state index contributed by atoms with van der Waals surface area (Å²) >= 11 is 0. The van der Waals surface area contributed by atoms with Gasteiger partial charge in [-0.15, -0.1) is 0 Å². The molecule has 0 saturated carbocycles. The maximum Gasteiger partial charge on any atom is 0.255 e. The summed E-state index contributed by atoms with van der Waals surface area (Å²) in [6, 6.07) is 12.6. The van der Waals surface area contributed by atoms with Crippen molar-refractivity contribution in [3.63, 3.8) is 0 Å². The Labute approximate surface area is 188 Å². The van der Waals surface area contributed by atoms with Gasteiger partial charge in [0.1, 0.15) is 0 Å². The number of nitrogens with two attached hydrogens (primary N) is 1. The molecule has 0 unspecified atom stereocenters. The average Bonchev–Trinajstić information content (AvgIpc) is 2.75. The predicted octanol–water partition coefficient (Wildman–Crippen LogP) is 2.29. The van der Waals surface area contributed by atoms with Crippen molar-refractivity contribution in [3.05, 3.63) is 59.2 Å². The third-order valence-corrected chi connectivity index (χ3v) is 4.74. The largest absolute Gasteiger partial charge is 0.493 e. The quantitative estimate of drug-likeness (QED) is 0.523. The molecule has 8 nitrogen and oxygen atoms in total. The lowest BCUT2D eigenvalue weighted by Gasteiger charge is -2.19. The monoisotopic (exact) mass is 441 g/mol. The molecule has 8 heteroatoms. The fourth-order valence-corrected chi connectivity index (χ4v) is 2.89. The highest BCUT2D eigenvalue weighted by atomic mass is 16.5. The van der Waals surface area contributed by atoms with E-state index in [9.17, 15) is 14.4 Å². The third-order valence-electron chi connectivity index (χ3n) is 4.74. The van der Waals surface area contributed by atoms with Gasteiger partial charge in [-0.1, -0.05) is 39.0 Å². The molecule has 0 spiro atoms. The highest BCUT2D eigenvalue weighted by molar-refractivity contribution is 5.94. The molecule has 3 amide bonds. The van der Waals surface area contributed by atoms with Crippen LogP contribution in [0.15, 0.2) is 42.5 Å². The summed E-state index contributed by atoms with van der Waals surface area (Å²) in [4.78, 5) is 35.2. The van der Waals surface area contributed by atoms with Crippen molar-refractivity contribution in [2.45, 2.75) is 39.2 Å². The molecule has 0 aromatic heterocycles. The van der Waals surface area contributed by atoms with Crippen LogP contribution in [0.25, 0.3) is 0 Å². The van der Waals surface area contributed by atoms with E-state index in [1.165, 1.54) is 7.11 Å². The maximum atomic E-state index is 12.3. The van der Waals surface area contributed by atoms with Gasteiger partial charge in [0.2, 0.25) is 5.91 Å². The number of carbonyl (C=O) groups is 3. The van der Waals surface area contributed by atoms with E-state index in [1.807, 2.05) is 12.1 Å². The topological polar surface area (TPSA) is 120 Å². The Balaban J connectivity index is 1.78. The van der Waals surface area contributed by atoms with Gasteiger partial charge in [-0.25, -0.2) is 0 Å². The molecule has 2 aromatic carbocycles. The van der Waals surface area contributed by atoms with E-state index < -0.39 is 5.91 Å². The molecule has 0 heterocycles. The van der Waals surface area contributed by atoms with Crippen LogP contribution in [0.1, 0.15) is 48.7 Å². The Morgan fingerprint density at radius 3 is 2.25 bits per heavy atom. The summed E-state index contributed by atoms with van der Waals surface area (Å²) in [6.07, 6.45) is 0.156. The number of primary amides is 1. The number of ether oxygens (including phenoxy) is 2. The summed E-state index contributed by atoms with van der Waals surface area (Å²) < 4.78 is 10.5. The summed E-state index contributed by atoms with van der Waals surface area (Å²) in [5, 5.41) is 5.56. The Morgan fingerprint density at radius 2 is 1.66 bits per heavy atom. The van der Waals surface area contributed by atoms with Crippen LogP contribution in [0.4, 0.5) is 0 Å². The number of methoxy groups -OCH3 is 1. The molecular formula is C24H31N3O5. The molecule has 0 atom stereocenters. The molecule has 0 fully saturated rings. The van der Waals surface area contributed by atoms with Crippen molar-refractivity contribution in [2.24, 2.45) is 5.73 Å². The van der Waals surface area contributed by atoms with E-state index in [0.29, 0.717) is 17.1 Å². The number of carbonyl (C=O) groups excluding carboxylic acids is 3. The van der Waals surface area contributed by atoms with Crippen molar-refractivity contribution >= 4 is 17.7 Å². The van der Waals surface area contributed by atoms with E-state index in [4.69, 9.17) is 15.2 Å². The zero-order valence-corrected chi connectivity index (χ0v) is 19.0. The Hall–Kier alpha value is -3.55. The molecule has 0 radical (unpaired) electrons. The lowest BCUT2D eigenvalue weighted by Crippen LogP contribution is -2.30. The van der Waals surface area contributed by atoms with Gasteiger partial charge in [0, 0.05) is 25.1 Å². The van der Waals surface area contributed by atoms with Crippen molar-refractivity contribution < 1.29 is 23.9 Å². The lowest BCUT2D eigenvalue weighted by atomic mass is 9.87. The number of nitrogens with one attached hydrogen (secondary N) is 2. The minimum absolute atomic E-state index is 0.0218. The number of hydrogen-bond acceptors (Lipinski definition) is 5. The number of benzene rings is 2. The highest BCUT2D eigenvalue weighted by Gasteiger charge is 2.14. The Morgan fingerprint density at radius 1 is 0.969 bits per heavy atom. The zero-order chi connectivity index (χ0) is 23.7. The molecule has 32 heavy (non-hydrogen) atoms. The minimum Gasteiger partial charge on any atom is -0.493 e. The first-order chi connectivity index (χ1) is 15.1. The molecular weight excluding hydrogens is 410 g/mol. The third kappa shape index (κ3) is 7.61. The van der Waals surface area contributed by atoms with Crippen LogP contribution in [0.3, 0.4) is 0 Å². The smallest absolute Gasteiger partial charge is 0.255 e. The van der Waals surface area contributed by atoms with Crippen LogP contribution in [-0.2, 0) is 21.5 Å². The van der Waals surface area contributed by atoms with Gasteiger partial charge in [0.25, 0.3) is 11.8 Å². The molecule has 0 bridgehead atoms. The van der Waals surface area contributed by atoms with E-state index >= 15 is 0 Å². The summed E-state index contributed by atoms with van der Waals surface area (Å²) in [7, 11) is 1.48. The number of hydrogen-bond donors (Lipinski definition) is 3. The Kier molecular flexibility index (Phi) is 8.63. The molecule has 0 saturated heterocycles. The SMILES string of the molecule is COc1cc(CNC(=O)CCNC(=O)c2ccc(C(C)(C)C)cc2)ccc1OCC(N)=O. The maximum absolute atomic E-state index is 12.3. The second kappa shape index (κ2) is 11.2. The fraction of sp³-hybridized carbons (Fsp3) is 0.375. The predicted molar refractivity (Wildman–Crippen MR) is 122 cm³/mol. The van der Waals surface area contributed by atoms with Crippen molar-refractivity contribution in [1.82, 2.24) is 10.6 Å². The summed E-state index contributed by atoms with van der Waals surface area (Å²) in [5.41, 5.74) is 7.60. The second-order valence-corrected chi connectivity index (χ2v) is 8.35. The number of rotatable bonds is 10. The van der Waals surface area contributed by atoms with E-state index in [-0.39, 0.29) is 43.3 Å². The highest BCUT2D eigenvalue weighted by Crippen LogP contribution is 2.28. The van der Waals surface area contributed by atoms with Crippen molar-refractivity contribution in [1.29, 1.82) is 0 Å². The lowest BCUT2D eigenvalue weighted by molar-refractivity contribution is -0.121. The van der Waals surface area contributed by atoms with Crippen LogP contribution in [-0.4, -0.2) is 38.0 Å². The van der Waals surface area contributed by atoms with E-state index in [2.05, 4.69) is 31.4 Å². The molecule has 4 N–H and O–H groups in total. The van der Waals surface area contributed by atoms with E-state index in [0.717, 1.165) is 11.1 Å². The minimum atomic E-state index is -0.586. The summed E-state index contributed by atoms with van der Waals surface area (Å²) in [5.74, 6) is -0.171. The molecule has 2 rings (SSSR count). The van der Waals surface area contributed by atoms with Crippen molar-refractivity contribution in [2.75, 3.05) is 20.3 Å². The van der Waals surface area contributed by atoms with Crippen molar-refractivity contribution in [3.8, 4) is 11.5 Å². The van der Waals surface area contributed by atoms with Gasteiger partial charge in [-0.2, -0.15) is 0 Å². The first-order valence-corrected chi connectivity index (χ1v) is 10.3. The second-order valence-electron chi connectivity index (χ2n) is 8.35. The van der Waals surface area contributed by atoms with Gasteiger partial charge in [-0.05, 0) is 40.8 Å². The summed E-state index contributed by atoms with van der Waals surface area (Å²) in [6.45, 7) is 6.61. The number of amides is 3. The van der Waals surface area contributed by atoms with Crippen LogP contribution in [0, 0.1) is 0 Å².